The molecule has 0 radical (unpaired) electrons. The summed E-state index contributed by atoms with van der Waals surface area (Å²) in [5.74, 6) is 1.29. The van der Waals surface area contributed by atoms with Gasteiger partial charge in [-0.15, -0.1) is 0 Å². The Morgan fingerprint density at radius 1 is 1.13 bits per heavy atom. The highest BCUT2D eigenvalue weighted by atomic mass is 16.4. The number of benzene rings is 1. The molecule has 2 aromatic heterocycles. The first-order valence-corrected chi connectivity index (χ1v) is 7.44. The number of rotatable bonds is 5. The minimum atomic E-state index is -0.120. The van der Waals surface area contributed by atoms with Crippen LogP contribution in [0.15, 0.2) is 59.3 Å². The molecule has 1 amide bonds. The summed E-state index contributed by atoms with van der Waals surface area (Å²) in [6.45, 7) is 2.31. The molecule has 3 rings (SSSR count). The predicted molar refractivity (Wildman–Crippen MR) is 87.0 cm³/mol. The predicted octanol–water partition coefficient (Wildman–Crippen LogP) is 3.02. The Kier molecular flexibility index (Phi) is 4.47. The number of oxazole rings is 1. The van der Waals surface area contributed by atoms with E-state index in [-0.39, 0.29) is 5.91 Å². The maximum atomic E-state index is 12.0. The van der Waals surface area contributed by atoms with Gasteiger partial charge in [-0.2, -0.15) is 0 Å². The molecule has 0 aliphatic rings. The van der Waals surface area contributed by atoms with Gasteiger partial charge >= 0.3 is 0 Å². The van der Waals surface area contributed by atoms with E-state index in [1.165, 1.54) is 0 Å². The summed E-state index contributed by atoms with van der Waals surface area (Å²) in [7, 11) is 0. The second-order valence-electron chi connectivity index (χ2n) is 5.11. The average molecular weight is 307 g/mol. The van der Waals surface area contributed by atoms with Crippen molar-refractivity contribution < 1.29 is 9.21 Å². The van der Waals surface area contributed by atoms with Crippen LogP contribution < -0.4 is 5.32 Å². The molecule has 0 spiro atoms. The highest BCUT2D eigenvalue weighted by Crippen LogP contribution is 2.23. The van der Waals surface area contributed by atoms with E-state index in [9.17, 15) is 4.79 Å². The number of hydrogen-bond donors (Lipinski definition) is 1. The minimum absolute atomic E-state index is 0.120. The van der Waals surface area contributed by atoms with Crippen LogP contribution in [0.25, 0.3) is 11.3 Å². The van der Waals surface area contributed by atoms with E-state index in [0.717, 1.165) is 17.0 Å². The molecule has 2 heterocycles. The van der Waals surface area contributed by atoms with Gasteiger partial charge in [0.1, 0.15) is 11.5 Å². The van der Waals surface area contributed by atoms with Crippen molar-refractivity contribution in [1.82, 2.24) is 15.3 Å². The molecular formula is C18H17N3O2. The topological polar surface area (TPSA) is 68.0 Å². The van der Waals surface area contributed by atoms with E-state index >= 15 is 0 Å². The molecule has 5 heteroatoms. The van der Waals surface area contributed by atoms with Gasteiger partial charge in [-0.3, -0.25) is 9.78 Å². The fourth-order valence-corrected chi connectivity index (χ4v) is 2.36. The van der Waals surface area contributed by atoms with Crippen molar-refractivity contribution in [3.05, 3.63) is 72.1 Å². The lowest BCUT2D eigenvalue weighted by Gasteiger charge is -2.05. The summed E-state index contributed by atoms with van der Waals surface area (Å²) >= 11 is 0. The highest BCUT2D eigenvalue weighted by molar-refractivity contribution is 5.93. The molecule has 23 heavy (non-hydrogen) atoms. The second kappa shape index (κ2) is 6.87. The summed E-state index contributed by atoms with van der Waals surface area (Å²) in [5.41, 5.74) is 2.44. The number of aromatic nitrogens is 2. The maximum absolute atomic E-state index is 12.0. The molecule has 116 valence electrons. The summed E-state index contributed by atoms with van der Waals surface area (Å²) in [4.78, 5) is 20.4. The lowest BCUT2D eigenvalue weighted by Crippen LogP contribution is -2.25. The van der Waals surface area contributed by atoms with Gasteiger partial charge < -0.3 is 9.73 Å². The number of nitrogens with zero attached hydrogens (tertiary/aromatic N) is 2. The normalized spacial score (nSPS) is 10.5. The van der Waals surface area contributed by atoms with E-state index < -0.39 is 0 Å². The molecule has 0 saturated heterocycles. The van der Waals surface area contributed by atoms with Gasteiger partial charge in [0, 0.05) is 43.4 Å². The Morgan fingerprint density at radius 3 is 2.61 bits per heavy atom. The third kappa shape index (κ3) is 3.63. The monoisotopic (exact) mass is 307 g/mol. The van der Waals surface area contributed by atoms with Crippen molar-refractivity contribution in [2.75, 3.05) is 6.54 Å². The van der Waals surface area contributed by atoms with Gasteiger partial charge in [0.25, 0.3) is 5.91 Å². The third-order valence-corrected chi connectivity index (χ3v) is 3.43. The van der Waals surface area contributed by atoms with E-state index in [4.69, 9.17) is 4.42 Å². The maximum Gasteiger partial charge on any atom is 0.251 e. The summed E-state index contributed by atoms with van der Waals surface area (Å²) < 4.78 is 5.68. The first kappa shape index (κ1) is 15.0. The number of nitrogens with one attached hydrogen (secondary N) is 1. The number of aryl methyl sites for hydroxylation is 1. The summed E-state index contributed by atoms with van der Waals surface area (Å²) in [6, 6.07) is 13.3. The van der Waals surface area contributed by atoms with Gasteiger partial charge in [0.15, 0.2) is 5.89 Å². The molecule has 0 bridgehead atoms. The molecule has 0 unspecified atom stereocenters. The quantitative estimate of drug-likeness (QED) is 0.786. The number of amides is 1. The van der Waals surface area contributed by atoms with Crippen molar-refractivity contribution in [2.24, 2.45) is 0 Å². The Labute approximate surface area is 134 Å². The number of carbonyl (C=O) groups is 1. The van der Waals surface area contributed by atoms with Gasteiger partial charge in [-0.05, 0) is 12.1 Å². The Balaban J connectivity index is 1.66. The zero-order valence-corrected chi connectivity index (χ0v) is 12.8. The molecular weight excluding hydrogens is 290 g/mol. The van der Waals surface area contributed by atoms with Crippen LogP contribution in [0, 0.1) is 6.92 Å². The standard InChI is InChI=1S/C18H17N3O2/c1-13-21-17(14-5-3-2-4-6-14)16(23-13)9-12-20-18(22)15-7-10-19-11-8-15/h2-8,10-11H,9,12H2,1H3,(H,20,22). The van der Waals surface area contributed by atoms with Gasteiger partial charge in [-0.1, -0.05) is 30.3 Å². The van der Waals surface area contributed by atoms with Crippen LogP contribution >= 0.6 is 0 Å². The van der Waals surface area contributed by atoms with Crippen LogP contribution in [0.1, 0.15) is 22.0 Å². The lowest BCUT2D eigenvalue weighted by molar-refractivity contribution is 0.0953. The van der Waals surface area contributed by atoms with Gasteiger partial charge in [0.05, 0.1) is 0 Å². The zero-order chi connectivity index (χ0) is 16.1. The van der Waals surface area contributed by atoms with E-state index in [1.54, 1.807) is 24.5 Å². The van der Waals surface area contributed by atoms with Crippen LogP contribution in [0.2, 0.25) is 0 Å². The van der Waals surface area contributed by atoms with Crippen LogP contribution in [0.3, 0.4) is 0 Å². The number of hydrogen-bond acceptors (Lipinski definition) is 4. The van der Waals surface area contributed by atoms with Crippen LogP contribution in [-0.2, 0) is 6.42 Å². The number of pyridine rings is 1. The molecule has 0 aliphatic heterocycles. The fraction of sp³-hybridized carbons (Fsp3) is 0.167. The number of carbonyl (C=O) groups excluding carboxylic acids is 1. The van der Waals surface area contributed by atoms with E-state index in [2.05, 4.69) is 15.3 Å². The molecule has 0 fully saturated rings. The van der Waals surface area contributed by atoms with Crippen molar-refractivity contribution in [3.63, 3.8) is 0 Å². The fourth-order valence-electron chi connectivity index (χ4n) is 2.36. The van der Waals surface area contributed by atoms with E-state index in [1.807, 2.05) is 37.3 Å². The highest BCUT2D eigenvalue weighted by Gasteiger charge is 2.13. The first-order chi connectivity index (χ1) is 11.2. The molecule has 0 aliphatic carbocycles. The first-order valence-electron chi connectivity index (χ1n) is 7.44. The molecule has 3 aromatic rings. The SMILES string of the molecule is Cc1nc(-c2ccccc2)c(CCNC(=O)c2ccncc2)o1. The summed E-state index contributed by atoms with van der Waals surface area (Å²) in [6.07, 6.45) is 3.78. The average Bonchev–Trinajstić information content (AvgIpc) is 2.97. The molecule has 0 atom stereocenters. The third-order valence-electron chi connectivity index (χ3n) is 3.43. The van der Waals surface area contributed by atoms with Crippen LogP contribution in [0.4, 0.5) is 0 Å². The smallest absolute Gasteiger partial charge is 0.251 e. The lowest BCUT2D eigenvalue weighted by atomic mass is 10.1. The zero-order valence-electron chi connectivity index (χ0n) is 12.8. The molecule has 1 N–H and O–H groups in total. The Hall–Kier alpha value is -2.95. The Bertz CT molecular complexity index is 783. The van der Waals surface area contributed by atoms with Crippen molar-refractivity contribution >= 4 is 5.91 Å². The molecule has 0 saturated carbocycles. The van der Waals surface area contributed by atoms with E-state index in [0.29, 0.717) is 24.4 Å². The van der Waals surface area contributed by atoms with Gasteiger partial charge in [0.2, 0.25) is 0 Å². The van der Waals surface area contributed by atoms with Crippen LogP contribution in [-0.4, -0.2) is 22.4 Å². The van der Waals surface area contributed by atoms with Gasteiger partial charge in [-0.25, -0.2) is 4.98 Å². The van der Waals surface area contributed by atoms with Crippen molar-refractivity contribution in [1.29, 1.82) is 0 Å². The van der Waals surface area contributed by atoms with Crippen molar-refractivity contribution in [2.45, 2.75) is 13.3 Å². The second-order valence-corrected chi connectivity index (χ2v) is 5.11. The largest absolute Gasteiger partial charge is 0.445 e. The molecule has 5 nitrogen and oxygen atoms in total. The van der Waals surface area contributed by atoms with Crippen molar-refractivity contribution in [3.8, 4) is 11.3 Å². The Morgan fingerprint density at radius 2 is 1.87 bits per heavy atom. The minimum Gasteiger partial charge on any atom is -0.445 e. The van der Waals surface area contributed by atoms with Crippen LogP contribution in [0.5, 0.6) is 0 Å². The molecule has 1 aromatic carbocycles. The summed E-state index contributed by atoms with van der Waals surface area (Å²) in [5, 5.41) is 2.88.